The Morgan fingerprint density at radius 2 is 2.00 bits per heavy atom. The van der Waals surface area contributed by atoms with E-state index >= 15 is 0 Å². The van der Waals surface area contributed by atoms with Gasteiger partial charge in [-0.05, 0) is 46.5 Å². The molecule has 0 radical (unpaired) electrons. The molecule has 2 rings (SSSR count). The summed E-state index contributed by atoms with van der Waals surface area (Å²) in [6.45, 7) is 3.86. The van der Waals surface area contributed by atoms with Crippen molar-refractivity contribution in [1.29, 1.82) is 0 Å². The maximum absolute atomic E-state index is 12.2. The lowest BCUT2D eigenvalue weighted by Crippen LogP contribution is -2.22. The molecule has 0 amide bonds. The lowest BCUT2D eigenvalue weighted by Gasteiger charge is -2.23. The van der Waals surface area contributed by atoms with Crippen LogP contribution >= 0.6 is 15.9 Å². The van der Waals surface area contributed by atoms with Crippen LogP contribution in [0.3, 0.4) is 0 Å². The molecule has 0 bridgehead atoms. The normalized spacial score (nSPS) is 16.9. The molecule has 1 saturated carbocycles. The second kappa shape index (κ2) is 4.62. The van der Waals surface area contributed by atoms with Crippen LogP contribution in [-0.4, -0.2) is 25.4 Å². The van der Waals surface area contributed by atoms with E-state index in [2.05, 4.69) is 15.9 Å². The fourth-order valence-electron chi connectivity index (χ4n) is 1.80. The van der Waals surface area contributed by atoms with Crippen molar-refractivity contribution in [2.75, 3.05) is 6.61 Å². The molecular formula is C13H17BrO3S. The zero-order valence-corrected chi connectivity index (χ0v) is 12.9. The fourth-order valence-corrected chi connectivity index (χ4v) is 4.56. The van der Waals surface area contributed by atoms with Crippen molar-refractivity contribution in [1.82, 2.24) is 0 Å². The molecule has 100 valence electrons. The maximum Gasteiger partial charge on any atom is 0.182 e. The molecule has 0 atom stereocenters. The molecule has 1 aromatic carbocycles. The lowest BCUT2D eigenvalue weighted by molar-refractivity contribution is 0.218. The Labute approximate surface area is 116 Å². The Kier molecular flexibility index (Phi) is 3.60. The van der Waals surface area contributed by atoms with Gasteiger partial charge in [-0.1, -0.05) is 19.9 Å². The Bertz CT molecular complexity index is 560. The van der Waals surface area contributed by atoms with Crippen molar-refractivity contribution in [2.24, 2.45) is 0 Å². The molecule has 0 aromatic heterocycles. The van der Waals surface area contributed by atoms with Gasteiger partial charge in [-0.3, -0.25) is 0 Å². The molecule has 0 aliphatic heterocycles. The summed E-state index contributed by atoms with van der Waals surface area (Å²) in [5, 5.41) is 9.13. The maximum atomic E-state index is 12.2. The van der Waals surface area contributed by atoms with E-state index in [0.717, 1.165) is 18.4 Å². The van der Waals surface area contributed by atoms with E-state index in [-0.39, 0.29) is 17.3 Å². The van der Waals surface area contributed by atoms with E-state index in [1.165, 1.54) is 0 Å². The highest BCUT2D eigenvalue weighted by Crippen LogP contribution is 2.37. The largest absolute Gasteiger partial charge is 0.395 e. The molecule has 1 aliphatic carbocycles. The van der Waals surface area contributed by atoms with Crippen molar-refractivity contribution >= 4 is 25.8 Å². The molecule has 0 heterocycles. The van der Waals surface area contributed by atoms with E-state index in [9.17, 15) is 13.5 Å². The number of halogens is 1. The Balaban J connectivity index is 2.43. The summed E-state index contributed by atoms with van der Waals surface area (Å²) in [5.74, 6) is 0. The zero-order valence-electron chi connectivity index (χ0n) is 10.5. The minimum Gasteiger partial charge on any atom is -0.395 e. The van der Waals surface area contributed by atoms with E-state index in [0.29, 0.717) is 9.37 Å². The Morgan fingerprint density at radius 1 is 1.39 bits per heavy atom. The standard InChI is InChI=1S/C13H17BrO3S/c1-13(2,8-15)9-3-6-12(11(14)7-9)18(16,17)10-4-5-10/h3,6-7,10,15H,4-5,8H2,1-2H3. The minimum absolute atomic E-state index is 0.0220. The highest BCUT2D eigenvalue weighted by Gasteiger charge is 2.38. The summed E-state index contributed by atoms with van der Waals surface area (Å²) >= 11 is 3.34. The average Bonchev–Trinajstić information content (AvgIpc) is 3.12. The molecule has 18 heavy (non-hydrogen) atoms. The summed E-state index contributed by atoms with van der Waals surface area (Å²) < 4.78 is 24.9. The second-order valence-electron chi connectivity index (χ2n) is 5.43. The smallest absolute Gasteiger partial charge is 0.182 e. The van der Waals surface area contributed by atoms with Crippen LogP contribution in [0.4, 0.5) is 0 Å². The molecule has 0 unspecified atom stereocenters. The van der Waals surface area contributed by atoms with Crippen LogP contribution in [0.1, 0.15) is 32.3 Å². The SMILES string of the molecule is CC(C)(CO)c1ccc(S(=O)(=O)C2CC2)c(Br)c1. The number of sulfone groups is 1. The van der Waals surface area contributed by atoms with Gasteiger partial charge in [0.25, 0.3) is 0 Å². The van der Waals surface area contributed by atoms with Crippen LogP contribution < -0.4 is 0 Å². The quantitative estimate of drug-likeness (QED) is 0.922. The van der Waals surface area contributed by atoms with Crippen molar-refractivity contribution in [3.8, 4) is 0 Å². The van der Waals surface area contributed by atoms with Gasteiger partial charge in [-0.25, -0.2) is 8.42 Å². The molecule has 0 saturated heterocycles. The fraction of sp³-hybridized carbons (Fsp3) is 0.538. The number of rotatable bonds is 4. The summed E-state index contributed by atoms with van der Waals surface area (Å²) in [6.07, 6.45) is 1.53. The number of hydrogen-bond donors (Lipinski definition) is 1. The van der Waals surface area contributed by atoms with E-state index in [1.54, 1.807) is 18.2 Å². The molecule has 1 N–H and O–H groups in total. The average molecular weight is 333 g/mol. The summed E-state index contributed by atoms with van der Waals surface area (Å²) in [7, 11) is -3.17. The van der Waals surface area contributed by atoms with Gasteiger partial charge in [0.05, 0.1) is 16.8 Å². The van der Waals surface area contributed by atoms with Crippen molar-refractivity contribution in [3.63, 3.8) is 0 Å². The van der Waals surface area contributed by atoms with Gasteiger partial charge in [-0.2, -0.15) is 0 Å². The van der Waals surface area contributed by atoms with Crippen molar-refractivity contribution < 1.29 is 13.5 Å². The molecule has 5 heteroatoms. The highest BCUT2D eigenvalue weighted by molar-refractivity contribution is 9.10. The first-order valence-corrected chi connectivity index (χ1v) is 8.28. The minimum atomic E-state index is -3.17. The number of benzene rings is 1. The monoisotopic (exact) mass is 332 g/mol. The van der Waals surface area contributed by atoms with Crippen molar-refractivity contribution in [2.45, 2.75) is 42.2 Å². The third-order valence-electron chi connectivity index (χ3n) is 3.38. The van der Waals surface area contributed by atoms with Crippen LogP contribution in [0.25, 0.3) is 0 Å². The Morgan fingerprint density at radius 3 is 2.44 bits per heavy atom. The highest BCUT2D eigenvalue weighted by atomic mass is 79.9. The Hall–Kier alpha value is -0.390. The van der Waals surface area contributed by atoms with Gasteiger partial charge in [0.2, 0.25) is 0 Å². The number of aliphatic hydroxyl groups excluding tert-OH is 1. The predicted octanol–water partition coefficient (Wildman–Crippen LogP) is 2.66. The van der Waals surface area contributed by atoms with Crippen LogP contribution in [-0.2, 0) is 15.3 Å². The molecule has 1 fully saturated rings. The molecular weight excluding hydrogens is 316 g/mol. The molecule has 3 nitrogen and oxygen atoms in total. The van der Waals surface area contributed by atoms with Gasteiger partial charge >= 0.3 is 0 Å². The predicted molar refractivity (Wildman–Crippen MR) is 74.5 cm³/mol. The second-order valence-corrected chi connectivity index (χ2v) is 8.48. The van der Waals surface area contributed by atoms with Crippen LogP contribution in [0.2, 0.25) is 0 Å². The zero-order chi connectivity index (χ0) is 13.6. The number of aliphatic hydroxyl groups is 1. The first kappa shape index (κ1) is 14.0. The third kappa shape index (κ3) is 2.49. The van der Waals surface area contributed by atoms with Crippen molar-refractivity contribution in [3.05, 3.63) is 28.2 Å². The topological polar surface area (TPSA) is 54.4 Å². The first-order chi connectivity index (χ1) is 8.29. The van der Waals surface area contributed by atoms with E-state index in [4.69, 9.17) is 0 Å². The molecule has 1 aromatic rings. The third-order valence-corrected chi connectivity index (χ3v) is 6.62. The van der Waals surface area contributed by atoms with Gasteiger partial charge < -0.3 is 5.11 Å². The van der Waals surface area contributed by atoms with Crippen LogP contribution in [0, 0.1) is 0 Å². The summed E-state index contributed by atoms with van der Waals surface area (Å²) in [6, 6.07) is 5.23. The van der Waals surface area contributed by atoms with Crippen LogP contribution in [0.5, 0.6) is 0 Å². The molecule has 0 spiro atoms. The van der Waals surface area contributed by atoms with E-state index < -0.39 is 9.84 Å². The molecule has 1 aliphatic rings. The van der Waals surface area contributed by atoms with Crippen LogP contribution in [0.15, 0.2) is 27.6 Å². The summed E-state index contributed by atoms with van der Waals surface area (Å²) in [4.78, 5) is 0.363. The van der Waals surface area contributed by atoms with Gasteiger partial charge in [0.15, 0.2) is 9.84 Å². The van der Waals surface area contributed by atoms with Gasteiger partial charge in [-0.15, -0.1) is 0 Å². The lowest BCUT2D eigenvalue weighted by atomic mass is 9.86. The van der Waals surface area contributed by atoms with Gasteiger partial charge in [0.1, 0.15) is 0 Å². The number of hydrogen-bond acceptors (Lipinski definition) is 3. The first-order valence-electron chi connectivity index (χ1n) is 5.94. The van der Waals surface area contributed by atoms with E-state index in [1.807, 2.05) is 13.8 Å². The summed E-state index contributed by atoms with van der Waals surface area (Å²) in [5.41, 5.74) is 0.552. The van der Waals surface area contributed by atoms with Gasteiger partial charge in [0, 0.05) is 9.89 Å².